The van der Waals surface area contributed by atoms with Gasteiger partial charge in [-0.2, -0.15) is 0 Å². The number of hydrogen-bond donors (Lipinski definition) is 0. The Bertz CT molecular complexity index is 627. The van der Waals surface area contributed by atoms with Crippen LogP contribution in [0.4, 0.5) is 0 Å². The van der Waals surface area contributed by atoms with Crippen molar-refractivity contribution in [2.24, 2.45) is 4.99 Å². The summed E-state index contributed by atoms with van der Waals surface area (Å²) in [4.78, 5) is 4.60. The van der Waals surface area contributed by atoms with E-state index in [1.807, 2.05) is 51.1 Å². The minimum absolute atomic E-state index is 0.187. The molecule has 4 nitrogen and oxygen atoms in total. The second-order valence-corrected chi connectivity index (χ2v) is 5.35. The minimum Gasteiger partial charge on any atom is -0.475 e. The van der Waals surface area contributed by atoms with Crippen LogP contribution in [-0.2, 0) is 4.74 Å². The fraction of sp³-hybridized carbons (Fsp3) is 0.333. The summed E-state index contributed by atoms with van der Waals surface area (Å²) in [7, 11) is 0. The van der Waals surface area contributed by atoms with Crippen molar-refractivity contribution in [1.29, 1.82) is 0 Å². The van der Waals surface area contributed by atoms with Crippen LogP contribution in [0.1, 0.15) is 25.2 Å². The second kappa shape index (κ2) is 4.23. The van der Waals surface area contributed by atoms with Crippen LogP contribution in [-0.4, -0.2) is 23.2 Å². The highest BCUT2D eigenvalue weighted by Crippen LogP contribution is 2.29. The van der Waals surface area contributed by atoms with Crippen molar-refractivity contribution in [3.05, 3.63) is 41.7 Å². The van der Waals surface area contributed by atoms with Crippen LogP contribution in [0.15, 0.2) is 39.8 Å². The highest BCUT2D eigenvalue weighted by Gasteiger charge is 2.31. The lowest BCUT2D eigenvalue weighted by molar-refractivity contribution is 0.279. The first-order valence-corrected chi connectivity index (χ1v) is 6.31. The predicted octanol–water partition coefficient (Wildman–Crippen LogP) is 3.21. The summed E-state index contributed by atoms with van der Waals surface area (Å²) in [5, 5.41) is 4.14. The molecule has 1 aromatic carbocycles. The third kappa shape index (κ3) is 2.14. The van der Waals surface area contributed by atoms with Crippen LogP contribution < -0.4 is 0 Å². The summed E-state index contributed by atoms with van der Waals surface area (Å²) < 4.78 is 11.0. The zero-order valence-electron chi connectivity index (χ0n) is 11.3. The molecule has 1 aromatic heterocycles. The van der Waals surface area contributed by atoms with Crippen LogP contribution in [0.5, 0.6) is 0 Å². The monoisotopic (exact) mass is 256 g/mol. The van der Waals surface area contributed by atoms with Crippen molar-refractivity contribution in [2.75, 3.05) is 6.61 Å². The largest absolute Gasteiger partial charge is 0.475 e. The zero-order chi connectivity index (χ0) is 13.5. The molecule has 4 heteroatoms. The van der Waals surface area contributed by atoms with Crippen LogP contribution >= 0.6 is 0 Å². The average Bonchev–Trinajstić information content (AvgIpc) is 2.93. The van der Waals surface area contributed by atoms with Crippen molar-refractivity contribution in [3.63, 3.8) is 0 Å². The molecule has 1 aliphatic heterocycles. The van der Waals surface area contributed by atoms with Gasteiger partial charge in [-0.1, -0.05) is 35.5 Å². The molecular weight excluding hydrogens is 240 g/mol. The fourth-order valence-corrected chi connectivity index (χ4v) is 2.13. The van der Waals surface area contributed by atoms with Gasteiger partial charge in [0.25, 0.3) is 0 Å². The molecule has 0 spiro atoms. The smallest absolute Gasteiger partial charge is 0.222 e. The number of hydrogen-bond acceptors (Lipinski definition) is 4. The van der Waals surface area contributed by atoms with Gasteiger partial charge in [-0.25, -0.2) is 4.99 Å². The molecule has 19 heavy (non-hydrogen) atoms. The van der Waals surface area contributed by atoms with E-state index in [1.54, 1.807) is 0 Å². The highest BCUT2D eigenvalue weighted by atomic mass is 16.5. The molecule has 0 unspecified atom stereocenters. The second-order valence-electron chi connectivity index (χ2n) is 5.35. The molecule has 0 amide bonds. The maximum Gasteiger partial charge on any atom is 0.222 e. The van der Waals surface area contributed by atoms with Gasteiger partial charge in [0.15, 0.2) is 0 Å². The molecule has 0 N–H and O–H groups in total. The summed E-state index contributed by atoms with van der Waals surface area (Å²) in [5.74, 6) is 1.36. The van der Waals surface area contributed by atoms with E-state index in [-0.39, 0.29) is 5.54 Å². The third-order valence-electron chi connectivity index (χ3n) is 3.09. The zero-order valence-corrected chi connectivity index (χ0v) is 11.3. The number of aromatic nitrogens is 1. The van der Waals surface area contributed by atoms with Crippen LogP contribution in [0, 0.1) is 6.92 Å². The SMILES string of the molecule is Cc1onc(-c2ccccc2)c1C1=NC(C)(C)CO1. The van der Waals surface area contributed by atoms with Gasteiger partial charge >= 0.3 is 0 Å². The van der Waals surface area contributed by atoms with E-state index in [0.29, 0.717) is 12.5 Å². The van der Waals surface area contributed by atoms with Crippen LogP contribution in [0.25, 0.3) is 11.3 Å². The molecule has 2 heterocycles. The first kappa shape index (κ1) is 12.0. The van der Waals surface area contributed by atoms with Gasteiger partial charge in [0.1, 0.15) is 23.6 Å². The van der Waals surface area contributed by atoms with Gasteiger partial charge in [0.2, 0.25) is 5.90 Å². The molecule has 0 aliphatic carbocycles. The van der Waals surface area contributed by atoms with Crippen LogP contribution in [0.2, 0.25) is 0 Å². The van der Waals surface area contributed by atoms with Crippen molar-refractivity contribution in [1.82, 2.24) is 5.16 Å². The lowest BCUT2D eigenvalue weighted by Crippen LogP contribution is -2.17. The van der Waals surface area contributed by atoms with E-state index in [4.69, 9.17) is 9.26 Å². The maximum atomic E-state index is 5.71. The summed E-state index contributed by atoms with van der Waals surface area (Å²) in [6.45, 7) is 6.56. The van der Waals surface area contributed by atoms with E-state index in [9.17, 15) is 0 Å². The number of aliphatic imine (C=N–C) groups is 1. The molecule has 1 aliphatic rings. The number of nitrogens with zero attached hydrogens (tertiary/aromatic N) is 2. The summed E-state index contributed by atoms with van der Waals surface area (Å²) >= 11 is 0. The van der Waals surface area contributed by atoms with E-state index < -0.39 is 0 Å². The van der Waals surface area contributed by atoms with Crippen LogP contribution in [0.3, 0.4) is 0 Å². The molecule has 3 rings (SSSR count). The Morgan fingerprint density at radius 1 is 1.16 bits per heavy atom. The van der Waals surface area contributed by atoms with Gasteiger partial charge in [0.05, 0.1) is 5.54 Å². The van der Waals surface area contributed by atoms with Gasteiger partial charge < -0.3 is 9.26 Å². The molecule has 0 atom stereocenters. The molecule has 0 fully saturated rings. The van der Waals surface area contributed by atoms with Gasteiger partial charge in [-0.3, -0.25) is 0 Å². The third-order valence-corrected chi connectivity index (χ3v) is 3.09. The first-order valence-electron chi connectivity index (χ1n) is 6.31. The van der Waals surface area contributed by atoms with Crippen molar-refractivity contribution in [3.8, 4) is 11.3 Å². The Morgan fingerprint density at radius 3 is 2.53 bits per heavy atom. The highest BCUT2D eigenvalue weighted by molar-refractivity contribution is 6.01. The van der Waals surface area contributed by atoms with Crippen molar-refractivity contribution < 1.29 is 9.26 Å². The number of benzene rings is 1. The van der Waals surface area contributed by atoms with Gasteiger partial charge in [0, 0.05) is 5.56 Å². The molecule has 2 aromatic rings. The molecular formula is C15H16N2O2. The molecule has 0 radical (unpaired) electrons. The predicted molar refractivity (Wildman–Crippen MR) is 73.2 cm³/mol. The number of ether oxygens (including phenoxy) is 1. The van der Waals surface area contributed by atoms with Gasteiger partial charge in [-0.05, 0) is 20.8 Å². The maximum absolute atomic E-state index is 5.71. The van der Waals surface area contributed by atoms with E-state index in [1.165, 1.54) is 0 Å². The van der Waals surface area contributed by atoms with Crippen molar-refractivity contribution in [2.45, 2.75) is 26.3 Å². The standard InChI is InChI=1S/C15H16N2O2/c1-10-12(14-16-15(2,3)9-18-14)13(17-19-10)11-7-5-4-6-8-11/h4-8H,9H2,1-3H3. The number of aryl methyl sites for hydroxylation is 1. The molecule has 98 valence electrons. The Hall–Kier alpha value is -2.10. The Kier molecular flexibility index (Phi) is 2.66. The van der Waals surface area contributed by atoms with Gasteiger partial charge in [-0.15, -0.1) is 0 Å². The lowest BCUT2D eigenvalue weighted by atomic mass is 10.1. The quantitative estimate of drug-likeness (QED) is 0.829. The lowest BCUT2D eigenvalue weighted by Gasteiger charge is -2.07. The minimum atomic E-state index is -0.187. The van der Waals surface area contributed by atoms with Crippen molar-refractivity contribution >= 4 is 5.90 Å². The first-order chi connectivity index (χ1) is 9.07. The van der Waals surface area contributed by atoms with E-state index >= 15 is 0 Å². The van der Waals surface area contributed by atoms with E-state index in [0.717, 1.165) is 22.6 Å². The fourth-order valence-electron chi connectivity index (χ4n) is 2.13. The summed E-state index contributed by atoms with van der Waals surface area (Å²) in [6, 6.07) is 9.93. The molecule has 0 saturated heterocycles. The Morgan fingerprint density at radius 2 is 1.89 bits per heavy atom. The molecule has 0 bridgehead atoms. The Labute approximate surface area is 112 Å². The normalized spacial score (nSPS) is 17.1. The number of rotatable bonds is 2. The summed E-state index contributed by atoms with van der Waals surface area (Å²) in [6.07, 6.45) is 0. The topological polar surface area (TPSA) is 47.6 Å². The van der Waals surface area contributed by atoms with E-state index in [2.05, 4.69) is 10.1 Å². The average molecular weight is 256 g/mol. The summed E-state index contributed by atoms with van der Waals surface area (Å²) in [5.41, 5.74) is 2.46. The Balaban J connectivity index is 2.11. The molecule has 0 saturated carbocycles.